The number of amides is 2. The number of hydrogen-bond acceptors (Lipinski definition) is 2. The molecular weight excluding hydrogens is 266 g/mol. The van der Waals surface area contributed by atoms with E-state index in [4.69, 9.17) is 5.73 Å². The van der Waals surface area contributed by atoms with Crippen molar-refractivity contribution in [2.45, 2.75) is 19.4 Å². The van der Waals surface area contributed by atoms with Gasteiger partial charge in [0.1, 0.15) is 0 Å². The molecule has 0 spiro atoms. The van der Waals surface area contributed by atoms with Gasteiger partial charge in [-0.25, -0.2) is 0 Å². The second-order valence-corrected chi connectivity index (χ2v) is 5.86. The lowest BCUT2D eigenvalue weighted by atomic mass is 9.97. The second kappa shape index (κ2) is 7.22. The van der Waals surface area contributed by atoms with Gasteiger partial charge in [0.05, 0.1) is 19.0 Å². The SMILES string of the molecule is CN(Cc1ccccc1)C(=O)C[NH+]1CCC[C@@H](C(N)=O)C1. The van der Waals surface area contributed by atoms with Gasteiger partial charge in [0.15, 0.2) is 6.54 Å². The summed E-state index contributed by atoms with van der Waals surface area (Å²) in [7, 11) is 1.82. The average Bonchev–Trinajstić information content (AvgIpc) is 2.48. The van der Waals surface area contributed by atoms with Crippen molar-refractivity contribution < 1.29 is 14.5 Å². The summed E-state index contributed by atoms with van der Waals surface area (Å²) in [5.74, 6) is -0.211. The Labute approximate surface area is 125 Å². The van der Waals surface area contributed by atoms with Crippen LogP contribution in [0.1, 0.15) is 18.4 Å². The van der Waals surface area contributed by atoms with Gasteiger partial charge in [-0.2, -0.15) is 0 Å². The Morgan fingerprint density at radius 2 is 2.05 bits per heavy atom. The van der Waals surface area contributed by atoms with Crippen molar-refractivity contribution in [3.63, 3.8) is 0 Å². The van der Waals surface area contributed by atoms with Gasteiger partial charge in [-0.3, -0.25) is 9.59 Å². The molecule has 1 aromatic carbocycles. The first-order valence-corrected chi connectivity index (χ1v) is 7.47. The summed E-state index contributed by atoms with van der Waals surface area (Å²) in [5, 5.41) is 0. The van der Waals surface area contributed by atoms with Gasteiger partial charge in [0.25, 0.3) is 5.91 Å². The van der Waals surface area contributed by atoms with Gasteiger partial charge in [0, 0.05) is 13.6 Å². The van der Waals surface area contributed by atoms with Crippen LogP contribution in [0.4, 0.5) is 0 Å². The highest BCUT2D eigenvalue weighted by Gasteiger charge is 2.28. The molecule has 2 rings (SSSR count). The Bertz CT molecular complexity index is 490. The zero-order valence-corrected chi connectivity index (χ0v) is 12.5. The van der Waals surface area contributed by atoms with Crippen molar-refractivity contribution in [1.29, 1.82) is 0 Å². The monoisotopic (exact) mass is 290 g/mol. The molecule has 21 heavy (non-hydrogen) atoms. The van der Waals surface area contributed by atoms with E-state index in [-0.39, 0.29) is 17.7 Å². The number of carbonyl (C=O) groups excluding carboxylic acids is 2. The Kier molecular flexibility index (Phi) is 5.33. The summed E-state index contributed by atoms with van der Waals surface area (Å²) >= 11 is 0. The number of piperidine rings is 1. The summed E-state index contributed by atoms with van der Waals surface area (Å²) < 4.78 is 0. The summed E-state index contributed by atoms with van der Waals surface area (Å²) in [5.41, 5.74) is 6.50. The number of rotatable bonds is 5. The maximum Gasteiger partial charge on any atom is 0.277 e. The van der Waals surface area contributed by atoms with Crippen molar-refractivity contribution in [2.75, 3.05) is 26.7 Å². The fourth-order valence-corrected chi connectivity index (χ4v) is 2.85. The molecule has 114 valence electrons. The van der Waals surface area contributed by atoms with Gasteiger partial charge in [-0.15, -0.1) is 0 Å². The quantitative estimate of drug-likeness (QED) is 0.762. The van der Waals surface area contributed by atoms with E-state index in [0.29, 0.717) is 19.6 Å². The molecule has 0 bridgehead atoms. The van der Waals surface area contributed by atoms with Crippen LogP contribution in [0.5, 0.6) is 0 Å². The molecule has 1 heterocycles. The predicted octanol–water partition coefficient (Wildman–Crippen LogP) is -0.575. The van der Waals surface area contributed by atoms with Crippen LogP contribution in [0, 0.1) is 5.92 Å². The Hall–Kier alpha value is -1.88. The molecule has 1 fully saturated rings. The van der Waals surface area contributed by atoms with Crippen molar-refractivity contribution in [3.05, 3.63) is 35.9 Å². The van der Waals surface area contributed by atoms with Crippen LogP contribution >= 0.6 is 0 Å². The van der Waals surface area contributed by atoms with Gasteiger partial charge in [0.2, 0.25) is 5.91 Å². The van der Waals surface area contributed by atoms with Gasteiger partial charge >= 0.3 is 0 Å². The fourth-order valence-electron chi connectivity index (χ4n) is 2.85. The van der Waals surface area contributed by atoms with Crippen LogP contribution in [0.3, 0.4) is 0 Å². The Balaban J connectivity index is 1.84. The summed E-state index contributed by atoms with van der Waals surface area (Å²) in [4.78, 5) is 26.5. The van der Waals surface area contributed by atoms with E-state index in [1.807, 2.05) is 37.4 Å². The number of carbonyl (C=O) groups is 2. The molecule has 2 amide bonds. The summed E-state index contributed by atoms with van der Waals surface area (Å²) in [6.45, 7) is 2.67. The molecule has 0 saturated carbocycles. The van der Waals surface area contributed by atoms with E-state index in [1.54, 1.807) is 4.90 Å². The zero-order chi connectivity index (χ0) is 15.2. The third-order valence-corrected chi connectivity index (χ3v) is 4.11. The third kappa shape index (κ3) is 4.56. The molecule has 5 heteroatoms. The standard InChI is InChI=1S/C16H23N3O2/c1-18(10-13-6-3-2-4-7-13)15(20)12-19-9-5-8-14(11-19)16(17)21/h2-4,6-7,14H,5,8-12H2,1H3,(H2,17,21)/p+1/t14-/m1/s1. The third-order valence-electron chi connectivity index (χ3n) is 4.11. The highest BCUT2D eigenvalue weighted by Crippen LogP contribution is 2.06. The lowest BCUT2D eigenvalue weighted by molar-refractivity contribution is -0.899. The highest BCUT2D eigenvalue weighted by molar-refractivity contribution is 5.77. The van der Waals surface area contributed by atoms with Crippen LogP contribution in [-0.4, -0.2) is 43.4 Å². The Morgan fingerprint density at radius 1 is 1.33 bits per heavy atom. The van der Waals surface area contributed by atoms with E-state index in [2.05, 4.69) is 0 Å². The molecule has 1 saturated heterocycles. The maximum atomic E-state index is 12.3. The molecule has 1 unspecified atom stereocenters. The van der Waals surface area contributed by atoms with E-state index in [9.17, 15) is 9.59 Å². The summed E-state index contributed by atoms with van der Waals surface area (Å²) in [6, 6.07) is 9.94. The number of primary amides is 1. The average molecular weight is 290 g/mol. The maximum absolute atomic E-state index is 12.3. The molecular formula is C16H24N3O2+. The molecule has 1 aliphatic heterocycles. The molecule has 2 atom stereocenters. The fraction of sp³-hybridized carbons (Fsp3) is 0.500. The van der Waals surface area contributed by atoms with Crippen molar-refractivity contribution in [2.24, 2.45) is 11.7 Å². The van der Waals surface area contributed by atoms with Crippen LogP contribution in [0.25, 0.3) is 0 Å². The second-order valence-electron chi connectivity index (χ2n) is 5.86. The molecule has 0 aliphatic carbocycles. The Morgan fingerprint density at radius 3 is 2.71 bits per heavy atom. The molecule has 5 nitrogen and oxygen atoms in total. The van der Waals surface area contributed by atoms with Crippen LogP contribution in [0.15, 0.2) is 30.3 Å². The van der Waals surface area contributed by atoms with E-state index < -0.39 is 0 Å². The van der Waals surface area contributed by atoms with Gasteiger partial charge in [-0.05, 0) is 18.4 Å². The number of nitrogens with two attached hydrogens (primary N) is 1. The number of hydrogen-bond donors (Lipinski definition) is 2. The van der Waals surface area contributed by atoms with Crippen LogP contribution < -0.4 is 10.6 Å². The number of likely N-dealkylation sites (tertiary alicyclic amines) is 1. The van der Waals surface area contributed by atoms with Crippen LogP contribution in [0.2, 0.25) is 0 Å². The lowest BCUT2D eigenvalue weighted by Crippen LogP contribution is -3.14. The molecule has 0 aromatic heterocycles. The minimum Gasteiger partial charge on any atom is -0.369 e. The van der Waals surface area contributed by atoms with E-state index in [0.717, 1.165) is 29.8 Å². The molecule has 0 radical (unpaired) electrons. The van der Waals surface area contributed by atoms with Crippen molar-refractivity contribution in [3.8, 4) is 0 Å². The predicted molar refractivity (Wildman–Crippen MR) is 80.4 cm³/mol. The first kappa shape index (κ1) is 15.5. The van der Waals surface area contributed by atoms with Crippen molar-refractivity contribution in [1.82, 2.24) is 4.90 Å². The minimum absolute atomic E-state index is 0.0824. The number of benzene rings is 1. The van der Waals surface area contributed by atoms with E-state index >= 15 is 0 Å². The van der Waals surface area contributed by atoms with Gasteiger partial charge in [-0.1, -0.05) is 30.3 Å². The first-order valence-electron chi connectivity index (χ1n) is 7.47. The number of nitrogens with zero attached hydrogens (tertiary/aromatic N) is 1. The molecule has 3 N–H and O–H groups in total. The van der Waals surface area contributed by atoms with Crippen molar-refractivity contribution >= 4 is 11.8 Å². The molecule has 1 aromatic rings. The highest BCUT2D eigenvalue weighted by atomic mass is 16.2. The van der Waals surface area contributed by atoms with E-state index in [1.165, 1.54) is 0 Å². The normalized spacial score (nSPS) is 21.8. The van der Waals surface area contributed by atoms with Crippen LogP contribution in [-0.2, 0) is 16.1 Å². The number of nitrogens with one attached hydrogen (secondary N) is 1. The van der Waals surface area contributed by atoms with Gasteiger partial charge < -0.3 is 15.5 Å². The topological polar surface area (TPSA) is 67.8 Å². The minimum atomic E-state index is -0.239. The zero-order valence-electron chi connectivity index (χ0n) is 12.5. The number of likely N-dealkylation sites (N-methyl/N-ethyl adjacent to an activating group) is 1. The largest absolute Gasteiger partial charge is 0.369 e. The smallest absolute Gasteiger partial charge is 0.277 e. The number of quaternary nitrogens is 1. The molecule has 1 aliphatic rings. The first-order chi connectivity index (χ1) is 10.1. The summed E-state index contributed by atoms with van der Waals surface area (Å²) in [6.07, 6.45) is 1.81. The lowest BCUT2D eigenvalue weighted by Gasteiger charge is -2.29.